The Morgan fingerprint density at radius 3 is 2.32 bits per heavy atom. The highest BCUT2D eigenvalue weighted by Crippen LogP contribution is 2.32. The zero-order valence-corrected chi connectivity index (χ0v) is 15.0. The number of aryl methyl sites for hydroxylation is 1. The van der Waals surface area contributed by atoms with Crippen molar-refractivity contribution in [3.05, 3.63) is 26.6 Å². The minimum atomic E-state index is -3.39. The molecular weight excluding hydrogens is 394 g/mol. The highest BCUT2D eigenvalue weighted by atomic mass is 79.9. The van der Waals surface area contributed by atoms with Crippen LogP contribution >= 0.6 is 31.9 Å². The van der Waals surface area contributed by atoms with Crippen molar-refractivity contribution < 1.29 is 8.42 Å². The number of sulfonamides is 1. The summed E-state index contributed by atoms with van der Waals surface area (Å²) in [6, 6.07) is 3.52. The maximum Gasteiger partial charge on any atom is 0.244 e. The third-order valence-corrected chi connectivity index (χ3v) is 7.29. The smallest absolute Gasteiger partial charge is 0.207 e. The number of piperidine rings is 1. The SMILES string of the molecule is Cc1cc(S(=O)(=O)N2CCC(C)CC2)c(Br)cc1Br. The van der Waals surface area contributed by atoms with Crippen molar-refractivity contribution in [2.45, 2.75) is 31.6 Å². The minimum absolute atomic E-state index is 0.364. The molecule has 1 aliphatic heterocycles. The summed E-state index contributed by atoms with van der Waals surface area (Å²) in [5.41, 5.74) is 0.923. The van der Waals surface area contributed by atoms with Gasteiger partial charge in [-0.15, -0.1) is 0 Å². The van der Waals surface area contributed by atoms with Gasteiger partial charge in [-0.2, -0.15) is 4.31 Å². The summed E-state index contributed by atoms with van der Waals surface area (Å²) < 4.78 is 28.4. The first kappa shape index (κ1) is 15.5. The molecule has 0 unspecified atom stereocenters. The van der Waals surface area contributed by atoms with E-state index in [1.54, 1.807) is 16.4 Å². The molecular formula is C13H17Br2NO2S. The highest BCUT2D eigenvalue weighted by molar-refractivity contribution is 9.11. The minimum Gasteiger partial charge on any atom is -0.207 e. The summed E-state index contributed by atoms with van der Waals surface area (Å²) in [5.74, 6) is 0.613. The number of hydrogen-bond acceptors (Lipinski definition) is 2. The molecule has 1 aromatic carbocycles. The van der Waals surface area contributed by atoms with Gasteiger partial charge in [0.1, 0.15) is 0 Å². The lowest BCUT2D eigenvalue weighted by Gasteiger charge is -2.29. The lowest BCUT2D eigenvalue weighted by molar-refractivity contribution is 0.288. The second-order valence-corrected chi connectivity index (χ2v) is 8.73. The van der Waals surface area contributed by atoms with Gasteiger partial charge in [0, 0.05) is 22.0 Å². The summed E-state index contributed by atoms with van der Waals surface area (Å²) in [5, 5.41) is 0. The van der Waals surface area contributed by atoms with Crippen LogP contribution in [0.15, 0.2) is 26.0 Å². The second-order valence-electron chi connectivity index (χ2n) is 5.12. The summed E-state index contributed by atoms with van der Waals surface area (Å²) in [6.45, 7) is 5.30. The van der Waals surface area contributed by atoms with Crippen molar-refractivity contribution in [1.82, 2.24) is 4.31 Å². The Kier molecular flexibility index (Phi) is 4.75. The standard InChI is InChI=1S/C13H17Br2NO2S/c1-9-3-5-16(6-4-9)19(17,18)13-7-10(2)11(14)8-12(13)15/h7-9H,3-6H2,1-2H3. The zero-order valence-electron chi connectivity index (χ0n) is 11.0. The van der Waals surface area contributed by atoms with Crippen molar-refractivity contribution in [1.29, 1.82) is 0 Å². The first-order chi connectivity index (χ1) is 8.82. The van der Waals surface area contributed by atoms with Crippen LogP contribution in [-0.2, 0) is 10.0 Å². The molecule has 3 nitrogen and oxygen atoms in total. The van der Waals surface area contributed by atoms with Crippen LogP contribution in [-0.4, -0.2) is 25.8 Å². The van der Waals surface area contributed by atoms with Crippen LogP contribution in [0, 0.1) is 12.8 Å². The second kappa shape index (κ2) is 5.84. The third kappa shape index (κ3) is 3.23. The van der Waals surface area contributed by atoms with Crippen LogP contribution in [0.2, 0.25) is 0 Å². The van der Waals surface area contributed by atoms with Crippen molar-refractivity contribution in [2.75, 3.05) is 13.1 Å². The van der Waals surface area contributed by atoms with Crippen LogP contribution in [0.3, 0.4) is 0 Å². The van der Waals surface area contributed by atoms with E-state index < -0.39 is 10.0 Å². The molecule has 1 aromatic rings. The van der Waals surface area contributed by atoms with E-state index in [-0.39, 0.29) is 0 Å². The zero-order chi connectivity index (χ0) is 14.2. The van der Waals surface area contributed by atoms with Crippen LogP contribution in [0.5, 0.6) is 0 Å². The van der Waals surface area contributed by atoms with Gasteiger partial charge in [0.25, 0.3) is 0 Å². The van der Waals surface area contributed by atoms with Gasteiger partial charge >= 0.3 is 0 Å². The number of nitrogens with zero attached hydrogens (tertiary/aromatic N) is 1. The molecule has 0 saturated carbocycles. The van der Waals surface area contributed by atoms with Gasteiger partial charge in [-0.05, 0) is 59.3 Å². The van der Waals surface area contributed by atoms with E-state index in [0.29, 0.717) is 28.4 Å². The average Bonchev–Trinajstić information content (AvgIpc) is 2.34. The van der Waals surface area contributed by atoms with E-state index in [4.69, 9.17) is 0 Å². The van der Waals surface area contributed by atoms with Crippen LogP contribution in [0.25, 0.3) is 0 Å². The first-order valence-corrected chi connectivity index (χ1v) is 9.31. The topological polar surface area (TPSA) is 37.4 Å². The van der Waals surface area contributed by atoms with Crippen molar-refractivity contribution >= 4 is 41.9 Å². The fraction of sp³-hybridized carbons (Fsp3) is 0.538. The Labute approximate surface area is 131 Å². The maximum atomic E-state index is 12.7. The molecule has 2 rings (SSSR count). The molecule has 0 spiro atoms. The summed E-state index contributed by atoms with van der Waals surface area (Å²) in [4.78, 5) is 0.364. The largest absolute Gasteiger partial charge is 0.244 e. The Bertz CT molecular complexity index is 579. The van der Waals surface area contributed by atoms with Gasteiger partial charge in [0.15, 0.2) is 0 Å². The summed E-state index contributed by atoms with van der Waals surface area (Å²) in [6.07, 6.45) is 1.87. The van der Waals surface area contributed by atoms with E-state index in [2.05, 4.69) is 38.8 Å². The molecule has 1 fully saturated rings. The van der Waals surface area contributed by atoms with Crippen molar-refractivity contribution in [3.63, 3.8) is 0 Å². The normalized spacial score (nSPS) is 18.7. The van der Waals surface area contributed by atoms with Crippen LogP contribution < -0.4 is 0 Å². The number of benzene rings is 1. The predicted molar refractivity (Wildman–Crippen MR) is 83.7 cm³/mol. The van der Waals surface area contributed by atoms with Crippen molar-refractivity contribution in [2.24, 2.45) is 5.92 Å². The lowest BCUT2D eigenvalue weighted by Crippen LogP contribution is -2.38. The molecule has 106 valence electrons. The van der Waals surface area contributed by atoms with E-state index >= 15 is 0 Å². The highest BCUT2D eigenvalue weighted by Gasteiger charge is 2.29. The molecule has 0 N–H and O–H groups in total. The van der Waals surface area contributed by atoms with Gasteiger partial charge in [-0.25, -0.2) is 8.42 Å². The Hall–Kier alpha value is 0.0900. The fourth-order valence-electron chi connectivity index (χ4n) is 2.19. The molecule has 0 aliphatic carbocycles. The Morgan fingerprint density at radius 2 is 1.74 bits per heavy atom. The van der Waals surface area contributed by atoms with Gasteiger partial charge in [-0.1, -0.05) is 22.9 Å². The molecule has 1 heterocycles. The molecule has 0 radical (unpaired) electrons. The van der Waals surface area contributed by atoms with Crippen LogP contribution in [0.4, 0.5) is 0 Å². The summed E-state index contributed by atoms with van der Waals surface area (Å²) >= 11 is 6.77. The monoisotopic (exact) mass is 409 g/mol. The van der Waals surface area contributed by atoms with E-state index in [9.17, 15) is 8.42 Å². The van der Waals surface area contributed by atoms with E-state index in [1.165, 1.54) is 0 Å². The first-order valence-electron chi connectivity index (χ1n) is 6.28. The van der Waals surface area contributed by atoms with Gasteiger partial charge in [-0.3, -0.25) is 0 Å². The van der Waals surface area contributed by atoms with Crippen molar-refractivity contribution in [3.8, 4) is 0 Å². The van der Waals surface area contributed by atoms with Gasteiger partial charge in [0.05, 0.1) is 4.90 Å². The molecule has 1 saturated heterocycles. The number of hydrogen-bond donors (Lipinski definition) is 0. The Balaban J connectivity index is 2.37. The van der Waals surface area contributed by atoms with Gasteiger partial charge < -0.3 is 0 Å². The lowest BCUT2D eigenvalue weighted by atomic mass is 10.0. The molecule has 0 amide bonds. The average molecular weight is 411 g/mol. The van der Waals surface area contributed by atoms with E-state index in [1.807, 2.05) is 6.92 Å². The molecule has 0 atom stereocenters. The van der Waals surface area contributed by atoms with Gasteiger partial charge in [0.2, 0.25) is 10.0 Å². The summed E-state index contributed by atoms with van der Waals surface area (Å²) in [7, 11) is -3.39. The molecule has 0 aromatic heterocycles. The quantitative estimate of drug-likeness (QED) is 0.740. The molecule has 0 bridgehead atoms. The Morgan fingerprint density at radius 1 is 1.16 bits per heavy atom. The number of halogens is 2. The maximum absolute atomic E-state index is 12.7. The molecule has 6 heteroatoms. The van der Waals surface area contributed by atoms with Crippen LogP contribution in [0.1, 0.15) is 25.3 Å². The predicted octanol–water partition coefficient (Wildman–Crippen LogP) is 3.94. The van der Waals surface area contributed by atoms with E-state index in [0.717, 1.165) is 22.9 Å². The molecule has 1 aliphatic rings. The third-order valence-electron chi connectivity index (χ3n) is 3.57. The fourth-order valence-corrected chi connectivity index (χ4v) is 5.40. The number of rotatable bonds is 2. The molecule has 19 heavy (non-hydrogen) atoms.